The molecule has 0 atom stereocenters. The van der Waals surface area contributed by atoms with Gasteiger partial charge in [-0.25, -0.2) is 0 Å². The summed E-state index contributed by atoms with van der Waals surface area (Å²) < 4.78 is 110. The van der Waals surface area contributed by atoms with Crippen LogP contribution in [0, 0.1) is 65.0 Å². The van der Waals surface area contributed by atoms with Gasteiger partial charge in [-0.3, -0.25) is 0 Å². The first kappa shape index (κ1) is 46.6. The standard InChI is InChI=1S/6C8H18.2C4H12BN/c6*1-7(2,3)8(4,5)6;2*1-5(2)6(3)4/h6*1-6H3;2*1-4H3/i5*1D3;;;. The molecule has 0 amide bonds. The van der Waals surface area contributed by atoms with Gasteiger partial charge in [0.2, 0.25) is 13.7 Å². The molecule has 0 N–H and O–H groups in total. The summed E-state index contributed by atoms with van der Waals surface area (Å²) in [5, 5.41) is 0. The summed E-state index contributed by atoms with van der Waals surface area (Å²) in [7, 11) is 8.30. The van der Waals surface area contributed by atoms with E-state index in [-0.39, 0.29) is 27.1 Å². The molecule has 0 aliphatic heterocycles. The maximum atomic E-state index is 7.32. The normalized spacial score (nSPS) is 18.1. The van der Waals surface area contributed by atoms with E-state index in [0.717, 1.165) is 0 Å². The van der Waals surface area contributed by atoms with Crippen molar-refractivity contribution in [2.45, 2.75) is 276 Å². The van der Waals surface area contributed by atoms with Crippen LogP contribution in [0.5, 0.6) is 0 Å². The summed E-state index contributed by atoms with van der Waals surface area (Å²) in [5.74, 6) is 0. The molecule has 0 aromatic rings. The Morgan fingerprint density at radius 1 is 0.217 bits per heavy atom. The minimum atomic E-state index is -1.87. The fraction of sp³-hybridized carbons (Fsp3) is 1.00. The van der Waals surface area contributed by atoms with Crippen molar-refractivity contribution in [3.8, 4) is 0 Å². The molecule has 0 bridgehead atoms. The molecular formula is C56H132B2N2. The van der Waals surface area contributed by atoms with Crippen molar-refractivity contribution in [3.63, 3.8) is 0 Å². The summed E-state index contributed by atoms with van der Waals surface area (Å²) in [6, 6.07) is 0. The van der Waals surface area contributed by atoms with Gasteiger partial charge in [-0.1, -0.05) is 276 Å². The van der Waals surface area contributed by atoms with E-state index in [4.69, 9.17) is 20.6 Å². The van der Waals surface area contributed by atoms with E-state index in [9.17, 15) is 0 Å². The Labute approximate surface area is 412 Å². The average molecular weight is 870 g/mol. The predicted octanol–water partition coefficient (Wildman–Crippen LogP) is 20.1. The van der Waals surface area contributed by atoms with E-state index in [1.54, 1.807) is 69.2 Å². The first-order valence-corrected chi connectivity index (χ1v) is 22.9. The summed E-state index contributed by atoms with van der Waals surface area (Å²) in [5.41, 5.74) is -3.16. The highest BCUT2D eigenvalue weighted by Crippen LogP contribution is 2.40. The van der Waals surface area contributed by atoms with E-state index in [1.165, 1.54) is 0 Å². The molecule has 0 saturated carbocycles. The molecule has 0 spiro atoms. The second-order valence-corrected chi connectivity index (χ2v) is 28.0. The zero-order valence-corrected chi connectivity index (χ0v) is 49.5. The van der Waals surface area contributed by atoms with E-state index < -0.39 is 61.3 Å². The lowest BCUT2D eigenvalue weighted by Gasteiger charge is -2.34. The Kier molecular flexibility index (Phi) is 21.9. The van der Waals surface area contributed by atoms with Crippen molar-refractivity contribution < 1.29 is 20.6 Å². The van der Waals surface area contributed by atoms with Crippen LogP contribution in [0.2, 0.25) is 27.3 Å². The molecule has 4 heteroatoms. The largest absolute Gasteiger partial charge is 0.348 e. The topological polar surface area (TPSA) is 6.48 Å². The molecule has 0 radical (unpaired) electrons. The molecule has 60 heavy (non-hydrogen) atoms. The molecule has 0 unspecified atom stereocenters. The van der Waals surface area contributed by atoms with E-state index in [0.29, 0.717) is 24.5 Å². The maximum absolute atomic E-state index is 7.32. The van der Waals surface area contributed by atoms with Gasteiger partial charge in [-0.2, -0.15) is 0 Å². The Morgan fingerprint density at radius 2 is 0.283 bits per heavy atom. The Hall–Kier alpha value is 0.0499. The molecule has 0 saturated heterocycles. The van der Waals surface area contributed by atoms with Gasteiger partial charge in [0, 0.05) is 20.6 Å². The smallest absolute Gasteiger partial charge is 0.216 e. The monoisotopic (exact) mass is 870 g/mol. The van der Waals surface area contributed by atoms with Crippen molar-refractivity contribution in [2.24, 2.45) is 65.0 Å². The van der Waals surface area contributed by atoms with Crippen molar-refractivity contribution in [1.29, 1.82) is 0 Å². The lowest BCUT2D eigenvalue weighted by molar-refractivity contribution is 0.157. The second-order valence-electron chi connectivity index (χ2n) is 28.0. The third kappa shape index (κ3) is 49.1. The van der Waals surface area contributed by atoms with Gasteiger partial charge in [0.05, 0.1) is 0 Å². The molecule has 0 aliphatic carbocycles. The summed E-state index contributed by atoms with van der Waals surface area (Å²) in [4.78, 5) is 4.33. The quantitative estimate of drug-likeness (QED) is 0.255. The predicted molar refractivity (Wildman–Crippen MR) is 296 cm³/mol. The van der Waals surface area contributed by atoms with Gasteiger partial charge in [0.1, 0.15) is 0 Å². The van der Waals surface area contributed by atoms with Crippen molar-refractivity contribution in [3.05, 3.63) is 0 Å². The number of nitrogens with zero attached hydrogens (tertiary/aromatic N) is 2. The third-order valence-electron chi connectivity index (χ3n) is 13.7. The van der Waals surface area contributed by atoms with Gasteiger partial charge < -0.3 is 9.62 Å². The van der Waals surface area contributed by atoms with E-state index in [1.807, 2.05) is 104 Å². The van der Waals surface area contributed by atoms with Gasteiger partial charge in [-0.05, 0) is 93.2 Å². The SMILES string of the molecule is CB(C)N(C)C.CB(C)N(C)C.CC(C)(C)C(C)(C)C.[2H]C([2H])([2H])C(C)(C)C(C)(C)C.[2H]C([2H])([2H])C(C)(C)C(C)(C)C.[2H]C([2H])([2H])C(C)(C)C(C)(C)C.[2H]C([2H])([2H])C(C)(C)C(C)(C)C.[2H]C([2H])([2H])C(C)(C)C(C)(C)C. The first-order valence-electron chi connectivity index (χ1n) is 30.4. The van der Waals surface area contributed by atoms with Gasteiger partial charge in [-0.15, -0.1) is 0 Å². The molecule has 0 rings (SSSR count). The van der Waals surface area contributed by atoms with Crippen LogP contribution in [0.3, 0.4) is 0 Å². The summed E-state index contributed by atoms with van der Waals surface area (Å²) in [6.07, 6.45) is 0. The zero-order chi connectivity index (χ0) is 64.8. The molecule has 0 aromatic carbocycles. The highest BCUT2D eigenvalue weighted by Gasteiger charge is 2.30. The summed E-state index contributed by atoms with van der Waals surface area (Å²) in [6.45, 7) is 61.6. The zero-order valence-electron chi connectivity index (χ0n) is 64.5. The fourth-order valence-electron chi connectivity index (χ4n) is 0. The van der Waals surface area contributed by atoms with Gasteiger partial charge in [0.25, 0.3) is 0 Å². The van der Waals surface area contributed by atoms with E-state index >= 15 is 0 Å². The van der Waals surface area contributed by atoms with Crippen LogP contribution in [-0.4, -0.2) is 51.5 Å². The Morgan fingerprint density at radius 3 is 0.283 bits per heavy atom. The lowest BCUT2D eigenvalue weighted by Crippen LogP contribution is -2.25. The summed E-state index contributed by atoms with van der Waals surface area (Å²) >= 11 is 0. The van der Waals surface area contributed by atoms with Crippen molar-refractivity contribution in [2.75, 3.05) is 28.2 Å². The number of hydrogen-bond donors (Lipinski definition) is 0. The van der Waals surface area contributed by atoms with Crippen LogP contribution in [0.15, 0.2) is 0 Å². The minimum absolute atomic E-state index is 0.182. The second kappa shape index (κ2) is 28.2. The molecule has 0 aliphatic rings. The number of rotatable bonds is 2. The van der Waals surface area contributed by atoms with Crippen LogP contribution >= 0.6 is 0 Å². The molecular weight excluding hydrogens is 722 g/mol. The van der Waals surface area contributed by atoms with Crippen LogP contribution in [-0.2, 0) is 0 Å². The average Bonchev–Trinajstić information content (AvgIpc) is 3.04. The van der Waals surface area contributed by atoms with Crippen LogP contribution in [0.25, 0.3) is 0 Å². The minimum Gasteiger partial charge on any atom is -0.348 e. The number of hydrogen-bond acceptors (Lipinski definition) is 2. The molecule has 0 fully saturated rings. The van der Waals surface area contributed by atoms with Crippen LogP contribution in [0.4, 0.5) is 0 Å². The van der Waals surface area contributed by atoms with Gasteiger partial charge >= 0.3 is 0 Å². The Balaban J connectivity index is -0.000000115. The van der Waals surface area contributed by atoms with Gasteiger partial charge in [0.15, 0.2) is 0 Å². The molecule has 372 valence electrons. The first-order chi connectivity index (χ1) is 31.0. The van der Waals surface area contributed by atoms with Crippen molar-refractivity contribution >= 4 is 13.7 Å². The van der Waals surface area contributed by atoms with Crippen LogP contribution in [0.1, 0.15) is 269 Å². The molecule has 0 heterocycles. The molecule has 2 nitrogen and oxygen atoms in total. The van der Waals surface area contributed by atoms with Crippen molar-refractivity contribution in [1.82, 2.24) is 9.62 Å². The lowest BCUT2D eigenvalue weighted by atomic mass is 9.67. The maximum Gasteiger partial charge on any atom is 0.216 e. The highest BCUT2D eigenvalue weighted by molar-refractivity contribution is 6.52. The van der Waals surface area contributed by atoms with Crippen LogP contribution < -0.4 is 0 Å². The fourth-order valence-corrected chi connectivity index (χ4v) is 0. The Bertz CT molecular complexity index is 1170. The molecule has 0 aromatic heterocycles. The highest BCUT2D eigenvalue weighted by atomic mass is 15.0. The van der Waals surface area contributed by atoms with E-state index in [2.05, 4.69) is 107 Å². The third-order valence-corrected chi connectivity index (χ3v) is 13.7.